The number of hydrogen-bond donors (Lipinski definition) is 2. The smallest absolute Gasteiger partial charge is 0.337 e. The lowest BCUT2D eigenvalue weighted by Crippen LogP contribution is -2.48. The van der Waals surface area contributed by atoms with Crippen LogP contribution in [0.4, 0.5) is 8.78 Å². The highest BCUT2D eigenvalue weighted by Crippen LogP contribution is 2.31. The summed E-state index contributed by atoms with van der Waals surface area (Å²) < 4.78 is 27.1. The highest BCUT2D eigenvalue weighted by atomic mass is 32.2. The summed E-state index contributed by atoms with van der Waals surface area (Å²) in [5.74, 6) is -13.2. The van der Waals surface area contributed by atoms with Gasteiger partial charge in [-0.05, 0) is 0 Å². The maximum absolute atomic E-state index is 13.5. The minimum Gasteiger partial charge on any atom is -0.337 e. The molecule has 0 aliphatic carbocycles. The van der Waals surface area contributed by atoms with Crippen LogP contribution < -0.4 is 0 Å². The first-order valence-electron chi connectivity index (χ1n) is 4.67. The molecule has 0 fully saturated rings. The number of alkyl halides is 2. The standard InChI is InChI=1S/C5H6F2N4O10S/c6-4(8(14)15,9(16)17)1-22(3(12)13)2-5(7,10(18)19)11(20)21/h12-13H,1-2H2. The van der Waals surface area contributed by atoms with Gasteiger partial charge in [0, 0.05) is 0 Å². The molecule has 17 heteroatoms. The topological polar surface area (TPSA) is 213 Å². The Hall–Kier alpha value is -2.40. The summed E-state index contributed by atoms with van der Waals surface area (Å²) in [4.78, 5) is 32.8. The number of rotatable bonds is 8. The molecule has 0 amide bonds. The summed E-state index contributed by atoms with van der Waals surface area (Å²) in [5.41, 5.74) is 0. The van der Waals surface area contributed by atoms with Gasteiger partial charge in [-0.15, -0.1) is 0 Å². The van der Waals surface area contributed by atoms with E-state index in [2.05, 4.69) is 0 Å². The third kappa shape index (κ3) is 3.83. The van der Waals surface area contributed by atoms with Gasteiger partial charge in [0.2, 0.25) is 5.24 Å². The minimum absolute atomic E-state index is 2.04. The molecule has 22 heavy (non-hydrogen) atoms. The lowest BCUT2D eigenvalue weighted by Gasteiger charge is -2.14. The van der Waals surface area contributed by atoms with Gasteiger partial charge in [0.25, 0.3) is 0 Å². The monoisotopic (exact) mass is 352 g/mol. The quantitative estimate of drug-likeness (QED) is 0.193. The highest BCUT2D eigenvalue weighted by Gasteiger charge is 2.63. The molecule has 0 radical (unpaired) electrons. The highest BCUT2D eigenvalue weighted by molar-refractivity contribution is 8.15. The van der Waals surface area contributed by atoms with Gasteiger partial charge in [-0.3, -0.25) is 40.5 Å². The molecule has 0 heterocycles. The van der Waals surface area contributed by atoms with Crippen molar-refractivity contribution in [1.29, 1.82) is 0 Å². The van der Waals surface area contributed by atoms with Crippen LogP contribution in [0.2, 0.25) is 0 Å². The van der Waals surface area contributed by atoms with Crippen LogP contribution in [0.25, 0.3) is 0 Å². The summed E-state index contributed by atoms with van der Waals surface area (Å²) in [5, 5.41) is 56.7. The van der Waals surface area contributed by atoms with Crippen LogP contribution in [-0.4, -0.2) is 58.5 Å². The summed E-state index contributed by atoms with van der Waals surface area (Å²) in [6, 6.07) is 0. The molecular weight excluding hydrogens is 346 g/mol. The Morgan fingerprint density at radius 2 is 1.05 bits per heavy atom. The predicted molar refractivity (Wildman–Crippen MR) is 63.2 cm³/mol. The molecule has 0 spiro atoms. The minimum atomic E-state index is -4.55. The van der Waals surface area contributed by atoms with Crippen LogP contribution in [0.15, 0.2) is 0 Å². The van der Waals surface area contributed by atoms with Gasteiger partial charge in [0.05, 0.1) is 0 Å². The van der Waals surface area contributed by atoms with Crippen LogP contribution >= 0.6 is 10.5 Å². The molecular formula is C5H6F2N4O10S. The Labute approximate surface area is 119 Å². The van der Waals surface area contributed by atoms with Crippen molar-refractivity contribution in [1.82, 2.24) is 0 Å². The van der Waals surface area contributed by atoms with E-state index < -0.39 is 58.8 Å². The first kappa shape index (κ1) is 19.6. The fourth-order valence-corrected chi connectivity index (χ4v) is 2.64. The molecule has 0 bridgehead atoms. The second-order valence-corrected chi connectivity index (χ2v) is 5.46. The lowest BCUT2D eigenvalue weighted by atomic mass is 10.5. The summed E-state index contributed by atoms with van der Waals surface area (Å²) in [6.07, 6.45) is 0. The zero-order chi connectivity index (χ0) is 17.9. The zero-order valence-corrected chi connectivity index (χ0v) is 10.8. The van der Waals surface area contributed by atoms with E-state index in [9.17, 15) is 49.2 Å². The van der Waals surface area contributed by atoms with E-state index in [1.807, 2.05) is 0 Å². The molecule has 0 aliphatic heterocycles. The van der Waals surface area contributed by atoms with Crippen LogP contribution in [0.5, 0.6) is 0 Å². The molecule has 0 saturated carbocycles. The molecule has 2 N–H and O–H groups in total. The van der Waals surface area contributed by atoms with Crippen LogP contribution in [0, 0.1) is 40.5 Å². The fourth-order valence-electron chi connectivity index (χ4n) is 0.968. The fraction of sp³-hybridized carbons (Fsp3) is 0.800. The lowest BCUT2D eigenvalue weighted by molar-refractivity contribution is -0.825. The average molecular weight is 352 g/mol. The number of nitro groups is 4. The van der Waals surface area contributed by atoms with E-state index in [1.54, 1.807) is 0 Å². The normalized spacial score (nSPS) is 12.0. The average Bonchev–Trinajstić information content (AvgIpc) is 2.36. The third-order valence-corrected chi connectivity index (χ3v) is 4.04. The van der Waals surface area contributed by atoms with Crippen molar-refractivity contribution < 1.29 is 38.7 Å². The Balaban J connectivity index is 5.78. The number of aliphatic hydroxyl groups excluding tert-OH is 1. The first-order chi connectivity index (χ1) is 9.79. The van der Waals surface area contributed by atoms with Crippen molar-refractivity contribution >= 4 is 15.7 Å². The SMILES string of the molecule is O=[N+]([O-])C(F)(CS(CC(F)([N+](=O)[O-])[N+](=O)[O-])=C(O)O)[N+](=O)[O-]. The van der Waals surface area contributed by atoms with Gasteiger partial charge in [0.1, 0.15) is 19.7 Å². The second kappa shape index (κ2) is 6.58. The maximum atomic E-state index is 13.5. The van der Waals surface area contributed by atoms with E-state index in [1.165, 1.54) is 0 Å². The largest absolute Gasteiger partial charge is 0.622 e. The summed E-state index contributed by atoms with van der Waals surface area (Å²) >= 11 is 0. The van der Waals surface area contributed by atoms with Gasteiger partial charge in [-0.2, -0.15) is 0 Å². The predicted octanol–water partition coefficient (Wildman–Crippen LogP) is -0.188. The first-order valence-corrected chi connectivity index (χ1v) is 6.23. The summed E-state index contributed by atoms with van der Waals surface area (Å²) in [6.45, 7) is 0. The molecule has 0 atom stereocenters. The molecule has 0 aromatic heterocycles. The molecule has 0 rings (SSSR count). The molecule has 14 nitrogen and oxygen atoms in total. The van der Waals surface area contributed by atoms with E-state index in [4.69, 9.17) is 10.2 Å². The Morgan fingerprint density at radius 3 is 1.18 bits per heavy atom. The Bertz CT molecular complexity index is 492. The van der Waals surface area contributed by atoms with Gasteiger partial charge >= 0.3 is 11.8 Å². The molecule has 0 aromatic carbocycles. The van der Waals surface area contributed by atoms with Crippen molar-refractivity contribution in [3.8, 4) is 0 Å². The van der Waals surface area contributed by atoms with Crippen LogP contribution in [0.1, 0.15) is 0 Å². The maximum Gasteiger partial charge on any atom is 0.622 e. The van der Waals surface area contributed by atoms with Crippen molar-refractivity contribution in [2.75, 3.05) is 11.5 Å². The van der Waals surface area contributed by atoms with E-state index in [0.29, 0.717) is 0 Å². The molecule has 0 saturated heterocycles. The van der Waals surface area contributed by atoms with Crippen molar-refractivity contribution in [3.63, 3.8) is 0 Å². The van der Waals surface area contributed by atoms with Gasteiger partial charge < -0.3 is 10.2 Å². The van der Waals surface area contributed by atoms with Crippen molar-refractivity contribution in [3.05, 3.63) is 40.5 Å². The van der Waals surface area contributed by atoms with E-state index >= 15 is 0 Å². The Kier molecular flexibility index (Phi) is 5.86. The molecule has 0 unspecified atom stereocenters. The zero-order valence-electron chi connectivity index (χ0n) is 10.0. The third-order valence-electron chi connectivity index (χ3n) is 2.09. The summed E-state index contributed by atoms with van der Waals surface area (Å²) in [7, 11) is -2.99. The van der Waals surface area contributed by atoms with Gasteiger partial charge in [-0.1, -0.05) is 19.3 Å². The van der Waals surface area contributed by atoms with Crippen molar-refractivity contribution in [2.24, 2.45) is 0 Å². The van der Waals surface area contributed by atoms with E-state index in [-0.39, 0.29) is 0 Å². The number of halogens is 2. The van der Waals surface area contributed by atoms with Crippen LogP contribution in [-0.2, 0) is 0 Å². The molecule has 0 aliphatic rings. The molecule has 0 aromatic rings. The molecule has 126 valence electrons. The van der Waals surface area contributed by atoms with Crippen molar-refractivity contribution in [2.45, 2.75) is 11.8 Å². The number of hydrogen-bond acceptors (Lipinski definition) is 8. The van der Waals surface area contributed by atoms with E-state index in [0.717, 1.165) is 0 Å². The number of aliphatic hydroxyl groups is 2. The van der Waals surface area contributed by atoms with Gasteiger partial charge in [-0.25, -0.2) is 0 Å². The van der Waals surface area contributed by atoms with Crippen LogP contribution in [0.3, 0.4) is 0 Å². The number of nitrogens with zero attached hydrogens (tertiary/aromatic N) is 4. The second-order valence-electron chi connectivity index (χ2n) is 3.53. The van der Waals surface area contributed by atoms with Gasteiger partial charge in [0.15, 0.2) is 11.5 Å². The Morgan fingerprint density at radius 1 is 0.818 bits per heavy atom.